The molecule has 4 aromatic rings. The van der Waals surface area contributed by atoms with E-state index in [9.17, 15) is 4.79 Å². The van der Waals surface area contributed by atoms with Gasteiger partial charge in [-0.05, 0) is 36.8 Å². The zero-order valence-corrected chi connectivity index (χ0v) is 18.5. The van der Waals surface area contributed by atoms with E-state index >= 15 is 0 Å². The molecule has 2 heterocycles. The molecule has 2 aromatic heterocycles. The minimum atomic E-state index is -0.147. The van der Waals surface area contributed by atoms with Crippen molar-refractivity contribution in [1.82, 2.24) is 10.2 Å². The first-order valence-electron chi connectivity index (χ1n) is 8.21. The van der Waals surface area contributed by atoms with Crippen LogP contribution in [0.25, 0.3) is 20.9 Å². The van der Waals surface area contributed by atoms with E-state index in [1.54, 1.807) is 0 Å². The summed E-state index contributed by atoms with van der Waals surface area (Å²) >= 11 is 12.6. The summed E-state index contributed by atoms with van der Waals surface area (Å²) in [5.74, 6) is 0.376. The molecular weight excluding hydrogens is 482 g/mol. The molecule has 9 heteroatoms. The van der Waals surface area contributed by atoms with Gasteiger partial charge in [-0.2, -0.15) is 0 Å². The van der Waals surface area contributed by atoms with Gasteiger partial charge in [-0.15, -0.1) is 21.5 Å². The summed E-state index contributed by atoms with van der Waals surface area (Å²) in [6, 6.07) is 13.5. The van der Waals surface area contributed by atoms with E-state index in [-0.39, 0.29) is 11.7 Å². The van der Waals surface area contributed by atoms with E-state index in [0.29, 0.717) is 16.1 Å². The standard InChI is InChI=1S/C19H13BrClN3O2S2/c1-10-8-11(6-7-13(10)20)22-15(25)9-27-19-24-23-18(26-19)17-16(21)12-4-2-3-5-14(12)28-17/h2-8H,9H2,1H3,(H,22,25). The minimum Gasteiger partial charge on any atom is -0.410 e. The normalized spacial score (nSPS) is 11.1. The molecule has 0 bridgehead atoms. The minimum absolute atomic E-state index is 0.147. The topological polar surface area (TPSA) is 68.0 Å². The monoisotopic (exact) mass is 493 g/mol. The van der Waals surface area contributed by atoms with Crippen molar-refractivity contribution in [3.63, 3.8) is 0 Å². The maximum Gasteiger partial charge on any atom is 0.277 e. The van der Waals surface area contributed by atoms with Crippen molar-refractivity contribution in [2.75, 3.05) is 11.1 Å². The number of fused-ring (bicyclic) bond motifs is 1. The van der Waals surface area contributed by atoms with Crippen LogP contribution in [0.2, 0.25) is 5.02 Å². The number of nitrogens with zero attached hydrogens (tertiary/aromatic N) is 2. The highest BCUT2D eigenvalue weighted by molar-refractivity contribution is 9.10. The highest BCUT2D eigenvalue weighted by atomic mass is 79.9. The molecule has 0 unspecified atom stereocenters. The molecule has 2 aromatic carbocycles. The van der Waals surface area contributed by atoms with Crippen molar-refractivity contribution in [3.05, 3.63) is 57.5 Å². The van der Waals surface area contributed by atoms with Gasteiger partial charge >= 0.3 is 0 Å². The highest BCUT2D eigenvalue weighted by Gasteiger charge is 2.18. The van der Waals surface area contributed by atoms with Gasteiger partial charge in [-0.25, -0.2) is 0 Å². The van der Waals surface area contributed by atoms with Crippen LogP contribution in [0.5, 0.6) is 0 Å². The Hall–Kier alpha value is -1.87. The Morgan fingerprint density at radius 2 is 2.11 bits per heavy atom. The molecule has 0 radical (unpaired) electrons. The fraction of sp³-hybridized carbons (Fsp3) is 0.105. The summed E-state index contributed by atoms with van der Waals surface area (Å²) in [4.78, 5) is 12.9. The van der Waals surface area contributed by atoms with Crippen LogP contribution < -0.4 is 5.32 Å². The molecule has 0 aliphatic carbocycles. The average molecular weight is 495 g/mol. The lowest BCUT2D eigenvalue weighted by molar-refractivity contribution is -0.113. The molecule has 0 aliphatic heterocycles. The van der Waals surface area contributed by atoms with Crippen molar-refractivity contribution in [2.45, 2.75) is 12.1 Å². The lowest BCUT2D eigenvalue weighted by Gasteiger charge is -2.06. The van der Waals surface area contributed by atoms with Gasteiger partial charge < -0.3 is 9.73 Å². The number of aryl methyl sites for hydroxylation is 1. The summed E-state index contributed by atoms with van der Waals surface area (Å²) < 4.78 is 7.75. The zero-order chi connectivity index (χ0) is 19.7. The first kappa shape index (κ1) is 19.4. The van der Waals surface area contributed by atoms with Crippen molar-refractivity contribution in [3.8, 4) is 10.8 Å². The van der Waals surface area contributed by atoms with Crippen LogP contribution in [-0.2, 0) is 4.79 Å². The Bertz CT molecular complexity index is 1180. The summed E-state index contributed by atoms with van der Waals surface area (Å²) in [7, 11) is 0. The van der Waals surface area contributed by atoms with Gasteiger partial charge in [0.05, 0.1) is 10.8 Å². The first-order chi connectivity index (χ1) is 13.5. The molecule has 28 heavy (non-hydrogen) atoms. The van der Waals surface area contributed by atoms with Crippen molar-refractivity contribution < 1.29 is 9.21 Å². The summed E-state index contributed by atoms with van der Waals surface area (Å²) in [5.41, 5.74) is 1.79. The third-order valence-corrected chi connectivity index (χ3v) is 7.28. The van der Waals surface area contributed by atoms with Crippen LogP contribution in [0, 0.1) is 6.92 Å². The number of nitrogens with one attached hydrogen (secondary N) is 1. The van der Waals surface area contributed by atoms with Gasteiger partial charge in [0.1, 0.15) is 4.88 Å². The summed E-state index contributed by atoms with van der Waals surface area (Å²) in [5, 5.41) is 12.8. The van der Waals surface area contributed by atoms with Crippen LogP contribution >= 0.6 is 50.6 Å². The second-order valence-electron chi connectivity index (χ2n) is 5.92. The highest BCUT2D eigenvalue weighted by Crippen LogP contribution is 2.41. The summed E-state index contributed by atoms with van der Waals surface area (Å²) in [6.07, 6.45) is 0. The molecule has 1 N–H and O–H groups in total. The fourth-order valence-corrected chi connectivity index (χ4v) is 4.80. The van der Waals surface area contributed by atoms with Crippen molar-refractivity contribution >= 4 is 72.3 Å². The molecule has 0 spiro atoms. The third kappa shape index (κ3) is 4.10. The lowest BCUT2D eigenvalue weighted by atomic mass is 10.2. The number of carbonyl (C=O) groups is 1. The number of hydrogen-bond acceptors (Lipinski definition) is 6. The molecule has 0 atom stereocenters. The Morgan fingerprint density at radius 3 is 2.89 bits per heavy atom. The molecule has 0 fully saturated rings. The second kappa shape index (κ2) is 8.24. The van der Waals surface area contributed by atoms with Gasteiger partial charge in [0.15, 0.2) is 0 Å². The largest absolute Gasteiger partial charge is 0.410 e. The molecule has 1 amide bonds. The number of hydrogen-bond donors (Lipinski definition) is 1. The number of aromatic nitrogens is 2. The average Bonchev–Trinajstić information content (AvgIpc) is 3.28. The molecule has 4 rings (SSSR count). The summed E-state index contributed by atoms with van der Waals surface area (Å²) in [6.45, 7) is 1.97. The second-order valence-corrected chi connectivity index (χ2v) is 9.13. The maximum absolute atomic E-state index is 12.2. The Labute approximate surface area is 182 Å². The first-order valence-corrected chi connectivity index (χ1v) is 11.2. The van der Waals surface area contributed by atoms with Gasteiger partial charge in [0, 0.05) is 20.2 Å². The van der Waals surface area contributed by atoms with E-state index in [4.69, 9.17) is 16.0 Å². The predicted molar refractivity (Wildman–Crippen MR) is 118 cm³/mol. The smallest absolute Gasteiger partial charge is 0.277 e. The quantitative estimate of drug-likeness (QED) is 0.325. The number of amides is 1. The Morgan fingerprint density at radius 1 is 1.29 bits per heavy atom. The Balaban J connectivity index is 1.42. The van der Waals surface area contributed by atoms with Crippen molar-refractivity contribution in [1.29, 1.82) is 0 Å². The number of rotatable bonds is 5. The van der Waals surface area contributed by atoms with Crippen LogP contribution in [0.1, 0.15) is 5.56 Å². The SMILES string of the molecule is Cc1cc(NC(=O)CSc2nnc(-c3sc4ccccc4c3Cl)o2)ccc1Br. The molecule has 0 saturated heterocycles. The van der Waals surface area contributed by atoms with Gasteiger partial charge in [-0.1, -0.05) is 57.5 Å². The lowest BCUT2D eigenvalue weighted by Crippen LogP contribution is -2.14. The Kier molecular flexibility index (Phi) is 5.73. The van der Waals surface area contributed by atoms with E-state index in [2.05, 4.69) is 31.4 Å². The van der Waals surface area contributed by atoms with Gasteiger partial charge in [0.2, 0.25) is 5.91 Å². The number of thiophene rings is 1. The number of anilines is 1. The van der Waals surface area contributed by atoms with Crippen molar-refractivity contribution in [2.24, 2.45) is 0 Å². The van der Waals surface area contributed by atoms with E-state index < -0.39 is 0 Å². The van der Waals surface area contributed by atoms with Crippen LogP contribution in [-0.4, -0.2) is 21.9 Å². The predicted octanol–water partition coefficient (Wildman–Crippen LogP) is 6.41. The number of thioether (sulfide) groups is 1. The van der Waals surface area contributed by atoms with E-state index in [0.717, 1.165) is 30.7 Å². The number of benzene rings is 2. The molecule has 0 saturated carbocycles. The van der Waals surface area contributed by atoms with Crippen LogP contribution in [0.3, 0.4) is 0 Å². The van der Waals surface area contributed by atoms with Gasteiger partial charge in [0.25, 0.3) is 11.1 Å². The maximum atomic E-state index is 12.2. The van der Waals surface area contributed by atoms with E-state index in [1.165, 1.54) is 23.1 Å². The zero-order valence-electron chi connectivity index (χ0n) is 14.5. The number of halogens is 2. The molecular formula is C19H13BrClN3O2S2. The number of carbonyl (C=O) groups excluding carboxylic acids is 1. The molecule has 0 aliphatic rings. The van der Waals surface area contributed by atoms with Crippen LogP contribution in [0.4, 0.5) is 5.69 Å². The van der Waals surface area contributed by atoms with Gasteiger partial charge in [-0.3, -0.25) is 4.79 Å². The molecule has 142 valence electrons. The fourth-order valence-electron chi connectivity index (χ4n) is 2.56. The molecule has 5 nitrogen and oxygen atoms in total. The third-order valence-electron chi connectivity index (χ3n) is 3.90. The van der Waals surface area contributed by atoms with Crippen LogP contribution in [0.15, 0.2) is 56.6 Å². The van der Waals surface area contributed by atoms with E-state index in [1.807, 2.05) is 49.4 Å².